The first-order valence-corrected chi connectivity index (χ1v) is 7.32. The molecule has 1 fully saturated rings. The summed E-state index contributed by atoms with van der Waals surface area (Å²) in [5.41, 5.74) is 6.72. The first-order valence-electron chi connectivity index (χ1n) is 7.32. The Balaban J connectivity index is 0.00000242. The van der Waals surface area contributed by atoms with Crippen molar-refractivity contribution in [3.8, 4) is 0 Å². The van der Waals surface area contributed by atoms with E-state index in [-0.39, 0.29) is 42.5 Å². The van der Waals surface area contributed by atoms with Crippen LogP contribution < -0.4 is 11.1 Å². The van der Waals surface area contributed by atoms with Crippen LogP contribution in [0.4, 0.5) is 0 Å². The predicted octanol–water partition coefficient (Wildman–Crippen LogP) is 1.16. The third-order valence-corrected chi connectivity index (χ3v) is 3.73. The van der Waals surface area contributed by atoms with Crippen molar-refractivity contribution in [3.05, 3.63) is 29.6 Å². The Morgan fingerprint density at radius 3 is 2.83 bits per heavy atom. The number of nitrogens with zero attached hydrogens (tertiary/aromatic N) is 2. The number of hydrogen-bond donors (Lipinski definition) is 2. The van der Waals surface area contributed by atoms with Gasteiger partial charge in [0, 0.05) is 32.4 Å². The minimum atomic E-state index is -0.154. The van der Waals surface area contributed by atoms with Crippen LogP contribution in [0.15, 0.2) is 18.3 Å². The molecule has 0 saturated carbocycles. The van der Waals surface area contributed by atoms with E-state index in [1.807, 2.05) is 19.1 Å². The first kappa shape index (κ1) is 21.6. The number of amides is 2. The molecule has 2 amide bonds. The summed E-state index contributed by atoms with van der Waals surface area (Å²) >= 11 is 0. The zero-order chi connectivity index (χ0) is 15.2. The van der Waals surface area contributed by atoms with Gasteiger partial charge in [0.1, 0.15) is 5.69 Å². The Labute approximate surface area is 149 Å². The van der Waals surface area contributed by atoms with E-state index in [4.69, 9.17) is 5.73 Å². The molecule has 8 heteroatoms. The van der Waals surface area contributed by atoms with E-state index in [9.17, 15) is 9.59 Å². The van der Waals surface area contributed by atoms with Gasteiger partial charge in [0.15, 0.2) is 0 Å². The second kappa shape index (κ2) is 10.4. The fourth-order valence-electron chi connectivity index (χ4n) is 2.57. The minimum Gasteiger partial charge on any atom is -0.355 e. The van der Waals surface area contributed by atoms with Gasteiger partial charge in [-0.2, -0.15) is 0 Å². The monoisotopic (exact) mass is 362 g/mol. The summed E-state index contributed by atoms with van der Waals surface area (Å²) in [5, 5.41) is 2.80. The summed E-state index contributed by atoms with van der Waals surface area (Å²) in [7, 11) is 0. The number of aryl methyl sites for hydroxylation is 1. The van der Waals surface area contributed by atoms with Gasteiger partial charge in [-0.25, -0.2) is 0 Å². The smallest absolute Gasteiger partial charge is 0.272 e. The Hall–Kier alpha value is -1.37. The second-order valence-electron chi connectivity index (χ2n) is 5.34. The molecule has 2 rings (SSSR count). The lowest BCUT2D eigenvalue weighted by Crippen LogP contribution is -2.46. The number of nitrogens with one attached hydrogen (secondary N) is 1. The molecule has 1 aliphatic rings. The van der Waals surface area contributed by atoms with Gasteiger partial charge in [0.25, 0.3) is 5.91 Å². The molecule has 0 spiro atoms. The summed E-state index contributed by atoms with van der Waals surface area (Å²) in [6, 6.07) is 3.68. The standard InChI is InChI=1S/C15H22N4O2.2ClH/c1-11-4-2-7-17-13(11)15(21)19-9-3-5-12(10-19)14(20)18-8-6-16;;/h2,4,7,12H,3,5-6,8-10,16H2,1H3,(H,18,20);2*1H. The van der Waals surface area contributed by atoms with Gasteiger partial charge in [-0.15, -0.1) is 24.8 Å². The number of aromatic nitrogens is 1. The van der Waals surface area contributed by atoms with E-state index in [0.29, 0.717) is 31.9 Å². The third kappa shape index (κ3) is 5.64. The molecule has 0 radical (unpaired) electrons. The van der Waals surface area contributed by atoms with Crippen LogP contribution in [0.1, 0.15) is 28.9 Å². The van der Waals surface area contributed by atoms with E-state index in [2.05, 4.69) is 10.3 Å². The molecule has 0 aliphatic carbocycles. The first-order chi connectivity index (χ1) is 10.1. The average molecular weight is 363 g/mol. The summed E-state index contributed by atoms with van der Waals surface area (Å²) in [4.78, 5) is 30.4. The largest absolute Gasteiger partial charge is 0.355 e. The quantitative estimate of drug-likeness (QED) is 0.840. The summed E-state index contributed by atoms with van der Waals surface area (Å²) in [6.07, 6.45) is 3.26. The summed E-state index contributed by atoms with van der Waals surface area (Å²) in [6.45, 7) is 3.90. The Morgan fingerprint density at radius 1 is 1.43 bits per heavy atom. The van der Waals surface area contributed by atoms with Crippen molar-refractivity contribution in [2.75, 3.05) is 26.2 Å². The highest BCUT2D eigenvalue weighted by atomic mass is 35.5. The van der Waals surface area contributed by atoms with E-state index in [0.717, 1.165) is 18.4 Å². The highest BCUT2D eigenvalue weighted by Crippen LogP contribution is 2.19. The highest BCUT2D eigenvalue weighted by Gasteiger charge is 2.29. The van der Waals surface area contributed by atoms with Gasteiger partial charge in [-0.05, 0) is 31.4 Å². The highest BCUT2D eigenvalue weighted by molar-refractivity contribution is 5.94. The van der Waals surface area contributed by atoms with Crippen molar-refractivity contribution in [1.29, 1.82) is 0 Å². The minimum absolute atomic E-state index is 0. The lowest BCUT2D eigenvalue weighted by atomic mass is 9.96. The zero-order valence-electron chi connectivity index (χ0n) is 13.2. The maximum atomic E-state index is 12.5. The van der Waals surface area contributed by atoms with E-state index in [1.165, 1.54) is 0 Å². The van der Waals surface area contributed by atoms with Crippen molar-refractivity contribution < 1.29 is 9.59 Å². The van der Waals surface area contributed by atoms with Crippen LogP contribution in [-0.2, 0) is 4.79 Å². The van der Waals surface area contributed by atoms with Crippen molar-refractivity contribution in [2.45, 2.75) is 19.8 Å². The summed E-state index contributed by atoms with van der Waals surface area (Å²) in [5.74, 6) is -0.265. The third-order valence-electron chi connectivity index (χ3n) is 3.73. The van der Waals surface area contributed by atoms with Crippen LogP contribution >= 0.6 is 24.8 Å². The van der Waals surface area contributed by atoms with Gasteiger partial charge in [0.2, 0.25) is 5.91 Å². The van der Waals surface area contributed by atoms with Crippen LogP contribution in [0, 0.1) is 12.8 Å². The van der Waals surface area contributed by atoms with Crippen LogP contribution in [0.5, 0.6) is 0 Å². The Bertz CT molecular complexity index is 528. The molecule has 1 unspecified atom stereocenters. The number of pyridine rings is 1. The molecular formula is C15H24Cl2N4O2. The topological polar surface area (TPSA) is 88.3 Å². The number of piperidine rings is 1. The molecule has 2 heterocycles. The van der Waals surface area contributed by atoms with Gasteiger partial charge in [-0.1, -0.05) is 6.07 Å². The normalized spacial score (nSPS) is 16.8. The second-order valence-corrected chi connectivity index (χ2v) is 5.34. The van der Waals surface area contributed by atoms with Crippen LogP contribution in [0.25, 0.3) is 0 Å². The van der Waals surface area contributed by atoms with Gasteiger partial charge in [0.05, 0.1) is 5.92 Å². The fourth-order valence-corrected chi connectivity index (χ4v) is 2.57. The Morgan fingerprint density at radius 2 is 2.17 bits per heavy atom. The molecule has 0 aromatic carbocycles. The van der Waals surface area contributed by atoms with Crippen molar-refractivity contribution in [2.24, 2.45) is 11.7 Å². The molecule has 0 bridgehead atoms. The lowest BCUT2D eigenvalue weighted by molar-refractivity contribution is -0.126. The number of carbonyl (C=O) groups excluding carboxylic acids is 2. The molecule has 1 aromatic rings. The van der Waals surface area contributed by atoms with Crippen LogP contribution in [0.3, 0.4) is 0 Å². The number of nitrogens with two attached hydrogens (primary N) is 1. The fraction of sp³-hybridized carbons (Fsp3) is 0.533. The van der Waals surface area contributed by atoms with Crippen molar-refractivity contribution in [3.63, 3.8) is 0 Å². The molecule has 1 saturated heterocycles. The van der Waals surface area contributed by atoms with Crippen molar-refractivity contribution >= 4 is 36.6 Å². The van der Waals surface area contributed by atoms with E-state index in [1.54, 1.807) is 11.1 Å². The molecule has 130 valence electrons. The molecule has 1 aromatic heterocycles. The maximum absolute atomic E-state index is 12.5. The SMILES string of the molecule is Cc1cccnc1C(=O)N1CCCC(C(=O)NCCN)C1.Cl.Cl. The summed E-state index contributed by atoms with van der Waals surface area (Å²) < 4.78 is 0. The van der Waals surface area contributed by atoms with Crippen molar-refractivity contribution in [1.82, 2.24) is 15.2 Å². The Kier molecular flexibility index (Phi) is 9.79. The number of rotatable bonds is 4. The number of carbonyl (C=O) groups is 2. The molecular weight excluding hydrogens is 339 g/mol. The molecule has 1 aliphatic heterocycles. The van der Waals surface area contributed by atoms with Gasteiger partial charge in [-0.3, -0.25) is 14.6 Å². The molecule has 23 heavy (non-hydrogen) atoms. The van der Waals surface area contributed by atoms with E-state index >= 15 is 0 Å². The molecule has 6 nitrogen and oxygen atoms in total. The number of hydrogen-bond acceptors (Lipinski definition) is 4. The van der Waals surface area contributed by atoms with Gasteiger partial charge >= 0.3 is 0 Å². The number of halogens is 2. The van der Waals surface area contributed by atoms with Crippen LogP contribution in [-0.4, -0.2) is 47.9 Å². The van der Waals surface area contributed by atoms with E-state index < -0.39 is 0 Å². The van der Waals surface area contributed by atoms with Gasteiger partial charge < -0.3 is 16.0 Å². The van der Waals surface area contributed by atoms with Crippen LogP contribution in [0.2, 0.25) is 0 Å². The maximum Gasteiger partial charge on any atom is 0.272 e. The average Bonchev–Trinajstić information content (AvgIpc) is 2.52. The lowest BCUT2D eigenvalue weighted by Gasteiger charge is -2.32. The molecule has 3 N–H and O–H groups in total. The molecule has 1 atom stereocenters. The number of likely N-dealkylation sites (tertiary alicyclic amines) is 1. The zero-order valence-corrected chi connectivity index (χ0v) is 14.8. The predicted molar refractivity (Wildman–Crippen MR) is 94.2 cm³/mol.